The van der Waals surface area contributed by atoms with E-state index in [0.717, 1.165) is 30.4 Å². The highest BCUT2D eigenvalue weighted by molar-refractivity contribution is 5.59. The Hall–Kier alpha value is -0.820. The highest BCUT2D eigenvalue weighted by atomic mass is 14.9. The monoisotopic (exact) mass is 205 g/mol. The van der Waals surface area contributed by atoms with Crippen molar-refractivity contribution in [2.45, 2.75) is 45.6 Å². The van der Waals surface area contributed by atoms with Gasteiger partial charge in [-0.15, -0.1) is 0 Å². The average molecular weight is 205 g/mol. The molecule has 0 heterocycles. The highest BCUT2D eigenvalue weighted by Gasteiger charge is 2.67. The average Bonchev–Trinajstić information content (AvgIpc) is 2.74. The Bertz CT molecular complexity index is 313. The maximum absolute atomic E-state index is 6.36. The summed E-state index contributed by atoms with van der Waals surface area (Å²) in [7, 11) is 0. The van der Waals surface area contributed by atoms with Crippen LogP contribution in [0.1, 0.15) is 40.0 Å². The van der Waals surface area contributed by atoms with Crippen molar-refractivity contribution in [3.05, 3.63) is 36.5 Å². The van der Waals surface area contributed by atoms with Crippen molar-refractivity contribution in [1.82, 2.24) is 0 Å². The summed E-state index contributed by atoms with van der Waals surface area (Å²) in [4.78, 5) is 0. The lowest BCUT2D eigenvalue weighted by Crippen LogP contribution is -2.30. The predicted molar refractivity (Wildman–Crippen MR) is 67.6 cm³/mol. The quantitative estimate of drug-likeness (QED) is 0.539. The normalized spacial score (nSPS) is 34.8. The first-order valence-corrected chi connectivity index (χ1v) is 5.85. The molecule has 2 atom stereocenters. The van der Waals surface area contributed by atoms with Gasteiger partial charge < -0.3 is 5.73 Å². The summed E-state index contributed by atoms with van der Waals surface area (Å²) in [5.41, 5.74) is 8.40. The molecule has 0 radical (unpaired) electrons. The summed E-state index contributed by atoms with van der Waals surface area (Å²) in [6.45, 7) is 14.7. The van der Waals surface area contributed by atoms with Gasteiger partial charge in [-0.1, -0.05) is 46.1 Å². The van der Waals surface area contributed by atoms with E-state index in [4.69, 9.17) is 5.73 Å². The molecule has 0 aromatic heterocycles. The maximum Gasteiger partial charge on any atom is 0.0509 e. The van der Waals surface area contributed by atoms with Crippen molar-refractivity contribution < 1.29 is 0 Å². The van der Waals surface area contributed by atoms with Gasteiger partial charge in [0.15, 0.2) is 0 Å². The zero-order chi connectivity index (χ0) is 11.7. The number of nitrogens with two attached hydrogens (primary N) is 1. The molecular weight excluding hydrogens is 182 g/mol. The van der Waals surface area contributed by atoms with Gasteiger partial charge in [0.1, 0.15) is 0 Å². The Labute approximate surface area is 93.7 Å². The number of hydrogen-bond donors (Lipinski definition) is 1. The molecule has 0 aliphatic heterocycles. The second-order valence-corrected chi connectivity index (χ2v) is 4.40. The van der Waals surface area contributed by atoms with E-state index >= 15 is 0 Å². The molecule has 1 heteroatoms. The van der Waals surface area contributed by atoms with E-state index in [1.165, 1.54) is 0 Å². The minimum Gasteiger partial charge on any atom is -0.321 e. The highest BCUT2D eigenvalue weighted by Crippen LogP contribution is 2.67. The van der Waals surface area contributed by atoms with Gasteiger partial charge in [0.05, 0.1) is 5.54 Å². The minimum atomic E-state index is -0.211. The van der Waals surface area contributed by atoms with Crippen LogP contribution in [0.4, 0.5) is 0 Å². The molecule has 2 unspecified atom stereocenters. The minimum absolute atomic E-state index is 0.0343. The standard InChI is InChI=1S/C14H23N/c1-6-9-10-11(4)13(7-2)12(5)14(13,15)8-3/h9-10H,4-8,15H2,1-3H3/b10-9-. The molecule has 2 N–H and O–H groups in total. The molecule has 1 fully saturated rings. The van der Waals surface area contributed by atoms with Gasteiger partial charge in [-0.2, -0.15) is 0 Å². The SMILES string of the molecule is C=C(/C=C\CC)C1(CC)C(=C)C1(N)CC. The van der Waals surface area contributed by atoms with Crippen molar-refractivity contribution in [3.8, 4) is 0 Å². The molecule has 15 heavy (non-hydrogen) atoms. The van der Waals surface area contributed by atoms with E-state index in [9.17, 15) is 0 Å². The van der Waals surface area contributed by atoms with Crippen molar-refractivity contribution >= 4 is 0 Å². The third-order valence-corrected chi connectivity index (χ3v) is 3.94. The van der Waals surface area contributed by atoms with E-state index in [-0.39, 0.29) is 11.0 Å². The maximum atomic E-state index is 6.36. The van der Waals surface area contributed by atoms with Crippen LogP contribution in [-0.4, -0.2) is 5.54 Å². The van der Waals surface area contributed by atoms with Gasteiger partial charge in [-0.3, -0.25) is 0 Å². The zero-order valence-electron chi connectivity index (χ0n) is 10.3. The lowest BCUT2D eigenvalue weighted by molar-refractivity contribution is 0.461. The van der Waals surface area contributed by atoms with E-state index in [1.807, 2.05) is 0 Å². The van der Waals surface area contributed by atoms with Crippen LogP contribution in [0.25, 0.3) is 0 Å². The van der Waals surface area contributed by atoms with Crippen LogP contribution >= 0.6 is 0 Å². The summed E-state index contributed by atoms with van der Waals surface area (Å²) in [6, 6.07) is 0. The summed E-state index contributed by atoms with van der Waals surface area (Å²) in [6.07, 6.45) is 7.23. The summed E-state index contributed by atoms with van der Waals surface area (Å²) >= 11 is 0. The van der Waals surface area contributed by atoms with Gasteiger partial charge in [-0.05, 0) is 30.4 Å². The fraction of sp³-hybridized carbons (Fsp3) is 0.571. The zero-order valence-corrected chi connectivity index (χ0v) is 10.3. The lowest BCUT2D eigenvalue weighted by atomic mass is 9.87. The van der Waals surface area contributed by atoms with Crippen LogP contribution in [0.5, 0.6) is 0 Å². The second kappa shape index (κ2) is 3.97. The van der Waals surface area contributed by atoms with E-state index in [2.05, 4.69) is 46.1 Å². The smallest absolute Gasteiger partial charge is 0.0509 e. The van der Waals surface area contributed by atoms with Crippen molar-refractivity contribution in [2.75, 3.05) is 0 Å². The first-order valence-electron chi connectivity index (χ1n) is 5.85. The van der Waals surface area contributed by atoms with Crippen LogP contribution in [0.15, 0.2) is 36.5 Å². The molecule has 0 bridgehead atoms. The molecule has 1 nitrogen and oxygen atoms in total. The predicted octanol–water partition coefficient (Wildman–Crippen LogP) is 3.58. The fourth-order valence-electron chi connectivity index (χ4n) is 2.77. The first kappa shape index (κ1) is 12.3. The third kappa shape index (κ3) is 1.41. The number of rotatable bonds is 5. The third-order valence-electron chi connectivity index (χ3n) is 3.94. The van der Waals surface area contributed by atoms with Gasteiger partial charge in [0.25, 0.3) is 0 Å². The molecule has 0 saturated heterocycles. The Kier molecular flexibility index (Phi) is 3.25. The summed E-state index contributed by atoms with van der Waals surface area (Å²) < 4.78 is 0. The molecule has 0 aromatic rings. The summed E-state index contributed by atoms with van der Waals surface area (Å²) in [5.74, 6) is 0. The topological polar surface area (TPSA) is 26.0 Å². The Balaban J connectivity index is 2.96. The van der Waals surface area contributed by atoms with Gasteiger partial charge in [0.2, 0.25) is 0 Å². The van der Waals surface area contributed by atoms with Crippen LogP contribution in [-0.2, 0) is 0 Å². The fourth-order valence-corrected chi connectivity index (χ4v) is 2.77. The second-order valence-electron chi connectivity index (χ2n) is 4.40. The Morgan fingerprint density at radius 2 is 1.93 bits per heavy atom. The molecule has 84 valence electrons. The Morgan fingerprint density at radius 3 is 2.27 bits per heavy atom. The van der Waals surface area contributed by atoms with Gasteiger partial charge in [0, 0.05) is 5.41 Å². The number of allylic oxidation sites excluding steroid dienone is 2. The van der Waals surface area contributed by atoms with Crippen molar-refractivity contribution in [1.29, 1.82) is 0 Å². The summed E-state index contributed by atoms with van der Waals surface area (Å²) in [5, 5.41) is 0. The first-order chi connectivity index (χ1) is 7.01. The van der Waals surface area contributed by atoms with Crippen molar-refractivity contribution in [3.63, 3.8) is 0 Å². The molecule has 1 rings (SSSR count). The van der Waals surface area contributed by atoms with Crippen LogP contribution < -0.4 is 5.73 Å². The van der Waals surface area contributed by atoms with Gasteiger partial charge in [-0.25, -0.2) is 0 Å². The van der Waals surface area contributed by atoms with Crippen molar-refractivity contribution in [2.24, 2.45) is 11.1 Å². The Morgan fingerprint density at radius 1 is 1.33 bits per heavy atom. The van der Waals surface area contributed by atoms with Crippen LogP contribution in [0, 0.1) is 5.41 Å². The molecule has 0 aromatic carbocycles. The van der Waals surface area contributed by atoms with Crippen LogP contribution in [0.3, 0.4) is 0 Å². The molecule has 0 amide bonds. The van der Waals surface area contributed by atoms with E-state index in [1.54, 1.807) is 0 Å². The number of hydrogen-bond acceptors (Lipinski definition) is 1. The molecular formula is C14H23N. The van der Waals surface area contributed by atoms with Crippen LogP contribution in [0.2, 0.25) is 0 Å². The van der Waals surface area contributed by atoms with Gasteiger partial charge >= 0.3 is 0 Å². The molecule has 1 saturated carbocycles. The van der Waals surface area contributed by atoms with E-state index in [0.29, 0.717) is 0 Å². The molecule has 0 spiro atoms. The lowest BCUT2D eigenvalue weighted by Gasteiger charge is -2.19. The molecule has 1 aliphatic rings. The van der Waals surface area contributed by atoms with E-state index < -0.39 is 0 Å². The molecule has 1 aliphatic carbocycles. The largest absolute Gasteiger partial charge is 0.321 e.